The summed E-state index contributed by atoms with van der Waals surface area (Å²) < 4.78 is 6.19. The fourth-order valence-corrected chi connectivity index (χ4v) is 4.01. The van der Waals surface area contributed by atoms with Gasteiger partial charge in [0.25, 0.3) is 11.6 Å². The largest absolute Gasteiger partial charge is 0.497 e. The van der Waals surface area contributed by atoms with Gasteiger partial charge in [-0.25, -0.2) is 4.98 Å². The van der Waals surface area contributed by atoms with Gasteiger partial charge in [0.15, 0.2) is 5.13 Å². The zero-order valence-corrected chi connectivity index (χ0v) is 17.9. The second-order valence-electron chi connectivity index (χ2n) is 6.79. The lowest BCUT2D eigenvalue weighted by molar-refractivity contribution is -0.384. The van der Waals surface area contributed by atoms with E-state index in [0.29, 0.717) is 17.2 Å². The summed E-state index contributed by atoms with van der Waals surface area (Å²) in [6.07, 6.45) is 6.42. The number of amides is 1. The minimum atomic E-state index is -0.461. The Balaban J connectivity index is 1.64. The van der Waals surface area contributed by atoms with Crippen LogP contribution in [0.5, 0.6) is 5.75 Å². The summed E-state index contributed by atoms with van der Waals surface area (Å²) in [7, 11) is 1.60. The number of nitro benzene ring substituents is 1. The average molecular weight is 446 g/mol. The number of pyridine rings is 1. The molecule has 0 saturated heterocycles. The topological polar surface area (TPSA) is 98.5 Å². The third kappa shape index (κ3) is 4.79. The van der Waals surface area contributed by atoms with Crippen LogP contribution in [0.2, 0.25) is 0 Å². The van der Waals surface area contributed by atoms with Crippen molar-refractivity contribution >= 4 is 44.4 Å². The summed E-state index contributed by atoms with van der Waals surface area (Å²) >= 11 is 1.40. The highest BCUT2D eigenvalue weighted by Gasteiger charge is 2.19. The third-order valence-electron chi connectivity index (χ3n) is 4.69. The molecule has 0 radical (unpaired) electrons. The van der Waals surface area contributed by atoms with Gasteiger partial charge in [-0.05, 0) is 59.7 Å². The number of nitrogens with zero attached hydrogens (tertiary/aromatic N) is 4. The number of aromatic nitrogens is 2. The second-order valence-corrected chi connectivity index (χ2v) is 7.80. The van der Waals surface area contributed by atoms with E-state index in [2.05, 4.69) is 9.97 Å². The highest BCUT2D eigenvalue weighted by molar-refractivity contribution is 7.22. The van der Waals surface area contributed by atoms with Gasteiger partial charge in [-0.2, -0.15) is 0 Å². The molecule has 0 aliphatic rings. The summed E-state index contributed by atoms with van der Waals surface area (Å²) in [5.41, 5.74) is 2.37. The van der Waals surface area contributed by atoms with Crippen LogP contribution in [0, 0.1) is 10.1 Å². The molecule has 4 rings (SSSR count). The predicted molar refractivity (Wildman–Crippen MR) is 124 cm³/mol. The number of carbonyl (C=O) groups is 1. The fourth-order valence-electron chi connectivity index (χ4n) is 3.01. The van der Waals surface area contributed by atoms with Crippen molar-refractivity contribution in [3.63, 3.8) is 0 Å². The normalized spacial score (nSPS) is 11.0. The van der Waals surface area contributed by atoms with Crippen molar-refractivity contribution in [3.8, 4) is 5.75 Å². The molecule has 1 amide bonds. The zero-order valence-electron chi connectivity index (χ0n) is 17.0. The highest BCUT2D eigenvalue weighted by Crippen LogP contribution is 2.32. The number of thiazole rings is 1. The Morgan fingerprint density at radius 2 is 1.91 bits per heavy atom. The number of hydrogen-bond acceptors (Lipinski definition) is 7. The molecule has 2 aromatic carbocycles. The van der Waals surface area contributed by atoms with E-state index in [4.69, 9.17) is 4.74 Å². The summed E-state index contributed by atoms with van der Waals surface area (Å²) in [5, 5.41) is 11.4. The van der Waals surface area contributed by atoms with Crippen LogP contribution in [-0.4, -0.2) is 27.9 Å². The lowest BCUT2D eigenvalue weighted by atomic mass is 10.2. The molecule has 9 heteroatoms. The summed E-state index contributed by atoms with van der Waals surface area (Å²) in [6, 6.07) is 15.3. The van der Waals surface area contributed by atoms with Crippen molar-refractivity contribution in [1.29, 1.82) is 0 Å². The number of rotatable bonds is 7. The van der Waals surface area contributed by atoms with Crippen molar-refractivity contribution in [2.45, 2.75) is 6.54 Å². The number of anilines is 1. The van der Waals surface area contributed by atoms with Crippen LogP contribution in [0.15, 0.2) is 73.1 Å². The Kier molecular flexibility index (Phi) is 6.18. The zero-order chi connectivity index (χ0) is 22.5. The molecule has 2 aromatic heterocycles. The van der Waals surface area contributed by atoms with E-state index in [9.17, 15) is 14.9 Å². The smallest absolute Gasteiger partial charge is 0.269 e. The molecule has 0 aliphatic carbocycles. The first kappa shape index (κ1) is 21.1. The number of nitro groups is 1. The Morgan fingerprint density at radius 3 is 2.59 bits per heavy atom. The maximum atomic E-state index is 13.2. The molecule has 0 N–H and O–H groups in total. The molecule has 4 aromatic rings. The minimum Gasteiger partial charge on any atom is -0.497 e. The Bertz CT molecular complexity index is 1290. The van der Waals surface area contributed by atoms with Gasteiger partial charge >= 0.3 is 0 Å². The molecule has 0 spiro atoms. The lowest BCUT2D eigenvalue weighted by Crippen LogP contribution is -2.28. The average Bonchev–Trinajstić information content (AvgIpc) is 3.24. The van der Waals surface area contributed by atoms with Gasteiger partial charge in [0.2, 0.25) is 0 Å². The number of benzene rings is 2. The number of ether oxygens (including phenoxy) is 1. The Morgan fingerprint density at radius 1 is 1.16 bits per heavy atom. The van der Waals surface area contributed by atoms with E-state index >= 15 is 0 Å². The first-order valence-electron chi connectivity index (χ1n) is 9.61. The number of non-ortho nitro benzene ring substituents is 1. The highest BCUT2D eigenvalue weighted by atomic mass is 32.1. The molecule has 160 valence electrons. The van der Waals surface area contributed by atoms with E-state index < -0.39 is 4.92 Å². The maximum absolute atomic E-state index is 13.2. The standard InChI is InChI=1S/C23H18N4O4S/c1-31-19-7-8-20-21(14-19)32-23(25-20)26(15-17-10-12-24-13-11-17)22(28)9-4-16-2-5-18(6-3-16)27(29)30/h2-14H,15H2,1H3/b9-4+. The number of carbonyl (C=O) groups excluding carboxylic acids is 1. The van der Waals surface area contributed by atoms with Crippen LogP contribution in [0.3, 0.4) is 0 Å². The van der Waals surface area contributed by atoms with Gasteiger partial charge in [-0.15, -0.1) is 0 Å². The van der Waals surface area contributed by atoms with Crippen LogP contribution in [0.25, 0.3) is 16.3 Å². The van der Waals surface area contributed by atoms with Crippen molar-refractivity contribution in [1.82, 2.24) is 9.97 Å². The maximum Gasteiger partial charge on any atom is 0.269 e. The van der Waals surface area contributed by atoms with Gasteiger partial charge in [0.05, 0.1) is 28.8 Å². The number of hydrogen-bond donors (Lipinski definition) is 0. The SMILES string of the molecule is COc1ccc2nc(N(Cc3ccncc3)C(=O)/C=C/c3ccc([N+](=O)[O-])cc3)sc2c1. The molecule has 8 nitrogen and oxygen atoms in total. The molecule has 0 bridgehead atoms. The van der Waals surface area contributed by atoms with Gasteiger partial charge in [-0.3, -0.25) is 24.8 Å². The lowest BCUT2D eigenvalue weighted by Gasteiger charge is -2.18. The van der Waals surface area contributed by atoms with Crippen LogP contribution in [-0.2, 0) is 11.3 Å². The quantitative estimate of drug-likeness (QED) is 0.229. The fraction of sp³-hybridized carbons (Fsp3) is 0.0870. The molecule has 0 fully saturated rings. The van der Waals surface area contributed by atoms with Crippen LogP contribution >= 0.6 is 11.3 Å². The molecule has 0 atom stereocenters. The van der Waals surface area contributed by atoms with E-state index in [1.54, 1.807) is 42.6 Å². The number of fused-ring (bicyclic) bond motifs is 1. The molecular weight excluding hydrogens is 428 g/mol. The van der Waals surface area contributed by atoms with Crippen molar-refractivity contribution in [3.05, 3.63) is 94.3 Å². The van der Waals surface area contributed by atoms with E-state index in [1.165, 1.54) is 29.5 Å². The Hall–Kier alpha value is -4.11. The molecule has 0 aliphatic heterocycles. The van der Waals surface area contributed by atoms with Gasteiger partial charge in [0.1, 0.15) is 5.75 Å². The van der Waals surface area contributed by atoms with Gasteiger partial charge < -0.3 is 4.74 Å². The van der Waals surface area contributed by atoms with Crippen molar-refractivity contribution < 1.29 is 14.5 Å². The summed E-state index contributed by atoms with van der Waals surface area (Å²) in [4.78, 5) is 33.8. The summed E-state index contributed by atoms with van der Waals surface area (Å²) in [6.45, 7) is 0.322. The minimum absolute atomic E-state index is 0.00214. The molecule has 0 saturated carbocycles. The van der Waals surface area contributed by atoms with E-state index in [0.717, 1.165) is 21.5 Å². The van der Waals surface area contributed by atoms with Gasteiger partial charge in [0, 0.05) is 30.6 Å². The van der Waals surface area contributed by atoms with E-state index in [1.807, 2.05) is 30.3 Å². The Labute approximate surface area is 187 Å². The van der Waals surface area contributed by atoms with Crippen LogP contribution < -0.4 is 9.64 Å². The van der Waals surface area contributed by atoms with Crippen molar-refractivity contribution in [2.75, 3.05) is 12.0 Å². The van der Waals surface area contributed by atoms with Gasteiger partial charge in [-0.1, -0.05) is 11.3 Å². The predicted octanol–water partition coefficient (Wildman–Crippen LogP) is 4.85. The first-order valence-corrected chi connectivity index (χ1v) is 10.4. The molecule has 0 unspecified atom stereocenters. The molecular formula is C23H18N4O4S. The third-order valence-corrected chi connectivity index (χ3v) is 5.73. The first-order chi connectivity index (χ1) is 15.5. The van der Waals surface area contributed by atoms with E-state index in [-0.39, 0.29) is 11.6 Å². The monoisotopic (exact) mass is 446 g/mol. The molecule has 2 heterocycles. The molecule has 32 heavy (non-hydrogen) atoms. The summed E-state index contributed by atoms with van der Waals surface area (Å²) in [5.74, 6) is 0.462. The van der Waals surface area contributed by atoms with Crippen LogP contribution in [0.1, 0.15) is 11.1 Å². The number of methoxy groups -OCH3 is 1. The van der Waals surface area contributed by atoms with Crippen molar-refractivity contribution in [2.24, 2.45) is 0 Å². The van der Waals surface area contributed by atoms with Crippen LogP contribution in [0.4, 0.5) is 10.8 Å². The second kappa shape index (κ2) is 9.36.